The Morgan fingerprint density at radius 2 is 0.836 bits per heavy atom. The maximum atomic E-state index is 13.1. The van der Waals surface area contributed by atoms with Gasteiger partial charge in [0.1, 0.15) is 5.75 Å². The third kappa shape index (κ3) is 21.2. The highest BCUT2D eigenvalue weighted by Gasteiger charge is 2.30. The molecule has 0 bridgehead atoms. The molecule has 17 rings (SSSR count). The second-order valence-corrected chi connectivity index (χ2v) is 32.7. The van der Waals surface area contributed by atoms with Crippen molar-refractivity contribution in [2.45, 2.75) is 167 Å². The Labute approximate surface area is 706 Å². The number of benzene rings is 6. The summed E-state index contributed by atoms with van der Waals surface area (Å²) < 4.78 is 36.7. The molecule has 23 nitrogen and oxygen atoms in total. The SMILES string of the molecule is CC(C)Cn1nccc1C1=CCC(c2[nH]c(=O)[nH]c(=O)c2Cc2ccccc2)CC1.CC(F)(F)Oc1ccc(C2=CCC(c3[nH]c(=O)[nH]c(=O)c3Cc3ccccc3)CC2)c(Cl)c1.Cc1cc(C2=CCC(c3[nH]c(=O)[nH]c(=O)c3Cc3ccccc3)CC2)n(C)n1.Cn1ncc2c(C3=CCC(c4[nH]c(=O)[nH]c(=O)c4Cc4ccccc4)CC3)cccc21. The minimum Gasteiger partial charge on any atom is -0.433 e. The highest BCUT2D eigenvalue weighted by atomic mass is 35.5. The summed E-state index contributed by atoms with van der Waals surface area (Å²) in [5.74, 6) is 0.878. The van der Waals surface area contributed by atoms with E-state index in [4.69, 9.17) is 11.6 Å². The van der Waals surface area contributed by atoms with E-state index in [1.807, 2.05) is 170 Å². The Balaban J connectivity index is 0.000000133. The van der Waals surface area contributed by atoms with Gasteiger partial charge in [0.15, 0.2) is 0 Å². The topological polar surface area (TPSA) is 326 Å². The molecule has 0 spiro atoms. The number of hydrogen-bond donors (Lipinski definition) is 8. The molecule has 26 heteroatoms. The summed E-state index contributed by atoms with van der Waals surface area (Å²) in [6.07, 6.45) is 20.9. The number of H-pyrrole nitrogens is 8. The Morgan fingerprint density at radius 3 is 1.19 bits per heavy atom. The van der Waals surface area contributed by atoms with Crippen LogP contribution >= 0.6 is 11.6 Å². The summed E-state index contributed by atoms with van der Waals surface area (Å²) in [7, 11) is 3.91. The number of nitrogens with zero attached hydrogens (tertiary/aromatic N) is 6. The van der Waals surface area contributed by atoms with Gasteiger partial charge in [-0.2, -0.15) is 24.1 Å². The van der Waals surface area contributed by atoms with Crippen LogP contribution in [0.1, 0.15) is 217 Å². The van der Waals surface area contributed by atoms with Crippen molar-refractivity contribution < 1.29 is 13.5 Å². The minimum absolute atomic E-state index is 0.00262. The first-order chi connectivity index (χ1) is 58.8. The zero-order valence-corrected chi connectivity index (χ0v) is 69.8. The van der Waals surface area contributed by atoms with Gasteiger partial charge in [-0.15, -0.1) is 0 Å². The molecule has 8 N–H and O–H groups in total. The first-order valence-electron chi connectivity index (χ1n) is 41.5. The number of rotatable bonds is 20. The number of allylic oxidation sites excluding steroid dienone is 8. The van der Waals surface area contributed by atoms with Gasteiger partial charge in [-0.1, -0.05) is 183 Å². The predicted octanol–water partition coefficient (Wildman–Crippen LogP) is 16.4. The standard InChI is InChI=1S/C25H23ClF2N2O3.C25H24N4O2.C24H28N4O2.C22H24N4O2/c1-25(27,28)33-18-11-12-19(21(26)14-18)16-7-9-17(10-8-16)22-20(23(31)30-24(32)29-22)13-15-5-3-2-4-6-15;1-29-22-9-5-8-19(21(22)15-26-29)17-10-12-18(13-11-17)23-20(24(30)28-25(31)27-23)14-16-6-3-2-4-7-16;1-16(2)15-28-21(12-13-25-28)18-8-10-19(11-9-18)22-20(23(29)27-24(30)26-22)14-17-6-4-3-5-7-17;1-14-12-19(26(2)25-14)16-8-10-17(11-9-16)20-18(21(27)24-22(28)23-20)13-15-6-4-3-5-7-15/h2-7,11-12,14,17H,8-10,13H2,1H3,(H2,29,30,31,32);2-10,15,18H,11-14H2,1H3,(H2,27,28,30,31);3-8,12-13,16,19H,9-11,14-15H2,1-2H3,(H2,26,27,29,30);3-8,12,17H,9-11,13H2,1-2H3,(H2,23,24,27,28). The first-order valence-corrected chi connectivity index (χ1v) is 41.8. The number of hydrogen-bond acceptors (Lipinski definition) is 12. The lowest BCUT2D eigenvalue weighted by molar-refractivity contribution is -0.158. The summed E-state index contributed by atoms with van der Waals surface area (Å²) in [4.78, 5) is 120. The lowest BCUT2D eigenvalue weighted by Crippen LogP contribution is -2.30. The van der Waals surface area contributed by atoms with E-state index in [9.17, 15) is 47.1 Å². The molecule has 0 saturated carbocycles. The average molecular weight is 1670 g/mol. The Bertz CT molecular complexity index is 6550. The molecule has 13 aromatic rings. The fourth-order valence-corrected chi connectivity index (χ4v) is 17.5. The molecule has 6 aromatic carbocycles. The van der Waals surface area contributed by atoms with Crippen LogP contribution in [0.15, 0.2) is 245 Å². The Hall–Kier alpha value is -13.2. The lowest BCUT2D eigenvalue weighted by atomic mass is 9.82. The molecule has 0 aliphatic heterocycles. The molecule has 7 aromatic heterocycles. The highest BCUT2D eigenvalue weighted by Crippen LogP contribution is 2.43. The molecule has 0 saturated heterocycles. The molecular formula is C96H99ClF2N14O9. The molecule has 628 valence electrons. The maximum Gasteiger partial charge on any atom is 0.394 e. The number of fused-ring (bicyclic) bond motifs is 1. The van der Waals surface area contributed by atoms with Crippen LogP contribution < -0.4 is 49.7 Å². The van der Waals surface area contributed by atoms with Crippen molar-refractivity contribution >= 4 is 44.8 Å². The minimum atomic E-state index is -3.29. The quantitative estimate of drug-likeness (QED) is 0.0353. The summed E-state index contributed by atoms with van der Waals surface area (Å²) in [5, 5.41) is 14.8. The number of nitrogens with one attached hydrogen (secondary N) is 8. The van der Waals surface area contributed by atoms with E-state index < -0.39 is 28.9 Å². The van der Waals surface area contributed by atoms with E-state index in [1.165, 1.54) is 40.1 Å². The van der Waals surface area contributed by atoms with Crippen LogP contribution in [0.5, 0.6) is 5.75 Å². The van der Waals surface area contributed by atoms with Gasteiger partial charge in [0.2, 0.25) is 0 Å². The molecule has 4 unspecified atom stereocenters. The van der Waals surface area contributed by atoms with Crippen LogP contribution in [-0.2, 0) is 46.3 Å². The zero-order valence-electron chi connectivity index (χ0n) is 69.0. The van der Waals surface area contributed by atoms with Crippen molar-refractivity contribution in [2.75, 3.05) is 0 Å². The van der Waals surface area contributed by atoms with Crippen molar-refractivity contribution in [3.8, 4) is 5.75 Å². The highest BCUT2D eigenvalue weighted by molar-refractivity contribution is 6.32. The number of aryl methyl sites for hydroxylation is 3. The van der Waals surface area contributed by atoms with Gasteiger partial charge in [0, 0.05) is 134 Å². The zero-order chi connectivity index (χ0) is 85.7. The predicted molar refractivity (Wildman–Crippen MR) is 474 cm³/mol. The van der Waals surface area contributed by atoms with Crippen molar-refractivity contribution in [1.82, 2.24) is 69.2 Å². The van der Waals surface area contributed by atoms with Crippen LogP contribution in [0.4, 0.5) is 8.78 Å². The van der Waals surface area contributed by atoms with Gasteiger partial charge in [-0.25, -0.2) is 19.2 Å². The molecule has 4 aliphatic rings. The fourth-order valence-electron chi connectivity index (χ4n) is 17.2. The third-order valence-corrected chi connectivity index (χ3v) is 23.4. The normalized spacial score (nSPS) is 16.5. The van der Waals surface area contributed by atoms with Gasteiger partial charge < -0.3 is 24.7 Å². The van der Waals surface area contributed by atoms with Crippen LogP contribution in [0.3, 0.4) is 0 Å². The first kappa shape index (κ1) is 85.3. The largest absolute Gasteiger partial charge is 0.433 e. The number of aromatic nitrogens is 14. The second-order valence-electron chi connectivity index (χ2n) is 32.3. The fraction of sp³-hybridized carbons (Fsp3) is 0.302. The maximum absolute atomic E-state index is 13.1. The molecule has 0 radical (unpaired) electrons. The Morgan fingerprint density at radius 1 is 0.451 bits per heavy atom. The van der Waals surface area contributed by atoms with E-state index in [2.05, 4.69) is 127 Å². The lowest BCUT2D eigenvalue weighted by Gasteiger charge is -2.24. The molecule has 0 fully saturated rings. The van der Waals surface area contributed by atoms with E-state index in [0.29, 0.717) is 90.8 Å². The number of alkyl halides is 2. The van der Waals surface area contributed by atoms with E-state index in [1.54, 1.807) is 6.07 Å². The third-order valence-electron chi connectivity index (χ3n) is 23.1. The molecule has 122 heavy (non-hydrogen) atoms. The number of halogens is 3. The van der Waals surface area contributed by atoms with Crippen LogP contribution in [0.2, 0.25) is 5.02 Å². The molecule has 7 heterocycles. The van der Waals surface area contributed by atoms with Gasteiger partial charge in [-0.05, 0) is 182 Å². The summed E-state index contributed by atoms with van der Waals surface area (Å²) in [6.45, 7) is 7.93. The van der Waals surface area contributed by atoms with Crippen LogP contribution in [-0.4, -0.2) is 75.3 Å². The van der Waals surface area contributed by atoms with Crippen molar-refractivity contribution in [3.63, 3.8) is 0 Å². The van der Waals surface area contributed by atoms with Crippen LogP contribution in [0.25, 0.3) is 33.2 Å². The van der Waals surface area contributed by atoms with E-state index in [0.717, 1.165) is 137 Å². The van der Waals surface area contributed by atoms with Gasteiger partial charge in [0.25, 0.3) is 22.2 Å². The Kier molecular flexibility index (Phi) is 26.9. The number of ether oxygens (including phenoxy) is 1. The summed E-state index contributed by atoms with van der Waals surface area (Å²) in [5.41, 5.74) is 17.8. The molecule has 0 amide bonds. The molecular weight excluding hydrogens is 1570 g/mol. The number of aromatic amines is 8. The summed E-state index contributed by atoms with van der Waals surface area (Å²) in [6, 6.07) is 54.2. The van der Waals surface area contributed by atoms with Gasteiger partial charge in [0.05, 0.1) is 33.8 Å². The molecule has 4 atom stereocenters. The smallest absolute Gasteiger partial charge is 0.394 e. The summed E-state index contributed by atoms with van der Waals surface area (Å²) >= 11 is 6.34. The van der Waals surface area contributed by atoms with E-state index in [-0.39, 0.29) is 51.7 Å². The average Bonchev–Trinajstić information content (AvgIpc) is 1.71. The van der Waals surface area contributed by atoms with Crippen molar-refractivity contribution in [1.29, 1.82) is 0 Å². The second kappa shape index (κ2) is 38.5. The van der Waals surface area contributed by atoms with Crippen molar-refractivity contribution in [3.05, 3.63) is 390 Å². The monoisotopic (exact) mass is 1660 g/mol. The molecule has 4 aliphatic carbocycles. The van der Waals surface area contributed by atoms with Crippen molar-refractivity contribution in [2.24, 2.45) is 20.0 Å². The van der Waals surface area contributed by atoms with E-state index >= 15 is 0 Å². The van der Waals surface area contributed by atoms with Gasteiger partial charge >= 0.3 is 28.9 Å². The van der Waals surface area contributed by atoms with Crippen LogP contribution in [0, 0.1) is 12.8 Å². The van der Waals surface area contributed by atoms with Gasteiger partial charge in [-0.3, -0.25) is 53.2 Å².